The summed E-state index contributed by atoms with van der Waals surface area (Å²) in [6.07, 6.45) is 0. The molecule has 0 aliphatic heterocycles. The van der Waals surface area contributed by atoms with E-state index in [1.54, 1.807) is 7.11 Å². The molecule has 1 rings (SSSR count). The van der Waals surface area contributed by atoms with E-state index >= 15 is 0 Å². The third kappa shape index (κ3) is 6.01. The summed E-state index contributed by atoms with van der Waals surface area (Å²) in [4.78, 5) is 2.21. The standard InChI is InChI=1S/C14H24N4O2/c1-18(8-9-20-2)7-6-16-11-12-4-3-5-13(10-12)14(15)17-19/h3-5,10,16,19H,6-9,11H2,1-2H3,(H2,15,17). The van der Waals surface area contributed by atoms with Crippen molar-refractivity contribution < 1.29 is 9.94 Å². The molecule has 0 saturated carbocycles. The van der Waals surface area contributed by atoms with Gasteiger partial charge in [0.1, 0.15) is 0 Å². The Morgan fingerprint density at radius 1 is 1.45 bits per heavy atom. The van der Waals surface area contributed by atoms with E-state index in [4.69, 9.17) is 15.7 Å². The maximum absolute atomic E-state index is 8.66. The van der Waals surface area contributed by atoms with Gasteiger partial charge in [-0.2, -0.15) is 0 Å². The summed E-state index contributed by atoms with van der Waals surface area (Å²) in [6.45, 7) is 4.29. The average molecular weight is 280 g/mol. The number of amidine groups is 1. The van der Waals surface area contributed by atoms with Gasteiger partial charge in [0.15, 0.2) is 5.84 Å². The first kappa shape index (κ1) is 16.4. The van der Waals surface area contributed by atoms with Crippen LogP contribution < -0.4 is 11.1 Å². The second-order valence-electron chi connectivity index (χ2n) is 4.66. The predicted molar refractivity (Wildman–Crippen MR) is 80.0 cm³/mol. The molecule has 6 nitrogen and oxygen atoms in total. The lowest BCUT2D eigenvalue weighted by molar-refractivity contribution is 0.161. The number of hydrogen-bond donors (Lipinski definition) is 3. The second kappa shape index (κ2) is 9.30. The first-order valence-electron chi connectivity index (χ1n) is 6.62. The lowest BCUT2D eigenvalue weighted by Gasteiger charge is -2.16. The Morgan fingerprint density at radius 3 is 2.95 bits per heavy atom. The van der Waals surface area contributed by atoms with Gasteiger partial charge in [-0.15, -0.1) is 0 Å². The average Bonchev–Trinajstić information content (AvgIpc) is 2.49. The molecule has 0 spiro atoms. The number of likely N-dealkylation sites (N-methyl/N-ethyl adjacent to an activating group) is 1. The summed E-state index contributed by atoms with van der Waals surface area (Å²) in [7, 11) is 3.78. The molecule has 6 heteroatoms. The molecule has 1 aromatic carbocycles. The summed E-state index contributed by atoms with van der Waals surface area (Å²) in [6, 6.07) is 7.64. The normalized spacial score (nSPS) is 12.1. The Labute approximate surface area is 120 Å². The van der Waals surface area contributed by atoms with Crippen molar-refractivity contribution in [3.63, 3.8) is 0 Å². The fourth-order valence-corrected chi connectivity index (χ4v) is 1.76. The molecule has 0 fully saturated rings. The SMILES string of the molecule is COCCN(C)CCNCc1cccc(C(N)=NO)c1. The lowest BCUT2D eigenvalue weighted by atomic mass is 10.1. The molecule has 0 radical (unpaired) electrons. The van der Waals surface area contributed by atoms with Gasteiger partial charge in [-0.3, -0.25) is 0 Å². The van der Waals surface area contributed by atoms with Crippen molar-refractivity contribution in [3.8, 4) is 0 Å². The van der Waals surface area contributed by atoms with Gasteiger partial charge in [-0.1, -0.05) is 23.4 Å². The topological polar surface area (TPSA) is 83.1 Å². The highest BCUT2D eigenvalue weighted by molar-refractivity contribution is 5.97. The number of nitrogens with two attached hydrogens (primary N) is 1. The zero-order valence-electron chi connectivity index (χ0n) is 12.2. The van der Waals surface area contributed by atoms with Crippen LogP contribution in [0, 0.1) is 0 Å². The van der Waals surface area contributed by atoms with Gasteiger partial charge in [0.25, 0.3) is 0 Å². The highest BCUT2D eigenvalue weighted by atomic mass is 16.5. The summed E-state index contributed by atoms with van der Waals surface area (Å²) in [5, 5.41) is 15.0. The molecule has 1 aromatic rings. The lowest BCUT2D eigenvalue weighted by Crippen LogP contribution is -2.31. The number of nitrogens with zero attached hydrogens (tertiary/aromatic N) is 2. The molecule has 0 heterocycles. The van der Waals surface area contributed by atoms with Gasteiger partial charge in [0.05, 0.1) is 6.61 Å². The summed E-state index contributed by atoms with van der Waals surface area (Å²) in [5.74, 6) is 0.131. The Bertz CT molecular complexity index is 423. The summed E-state index contributed by atoms with van der Waals surface area (Å²) < 4.78 is 5.03. The van der Waals surface area contributed by atoms with Crippen LogP contribution in [-0.4, -0.2) is 56.3 Å². The number of methoxy groups -OCH3 is 1. The van der Waals surface area contributed by atoms with Crippen LogP contribution in [0.2, 0.25) is 0 Å². The Kier molecular flexibility index (Phi) is 7.64. The minimum atomic E-state index is 0.131. The Morgan fingerprint density at radius 2 is 2.25 bits per heavy atom. The van der Waals surface area contributed by atoms with Crippen LogP contribution >= 0.6 is 0 Å². The van der Waals surface area contributed by atoms with Gasteiger partial charge >= 0.3 is 0 Å². The highest BCUT2D eigenvalue weighted by Gasteiger charge is 2.01. The van der Waals surface area contributed by atoms with E-state index in [2.05, 4.69) is 22.4 Å². The second-order valence-corrected chi connectivity index (χ2v) is 4.66. The smallest absolute Gasteiger partial charge is 0.170 e. The molecular formula is C14H24N4O2. The molecular weight excluding hydrogens is 256 g/mol. The van der Waals surface area contributed by atoms with Crippen molar-refractivity contribution in [1.82, 2.24) is 10.2 Å². The van der Waals surface area contributed by atoms with Gasteiger partial charge in [-0.05, 0) is 18.7 Å². The predicted octanol–water partition coefficient (Wildman–Crippen LogP) is 0.449. The molecule has 0 amide bonds. The minimum Gasteiger partial charge on any atom is -0.409 e. The molecule has 0 saturated heterocycles. The third-order valence-electron chi connectivity index (χ3n) is 3.01. The summed E-state index contributed by atoms with van der Waals surface area (Å²) in [5.41, 5.74) is 7.40. The zero-order chi connectivity index (χ0) is 14.8. The number of ether oxygens (including phenoxy) is 1. The van der Waals surface area contributed by atoms with E-state index in [1.807, 2.05) is 24.3 Å². The van der Waals surface area contributed by atoms with Gasteiger partial charge < -0.3 is 25.9 Å². The van der Waals surface area contributed by atoms with Crippen molar-refractivity contribution in [2.45, 2.75) is 6.54 Å². The van der Waals surface area contributed by atoms with Crippen LogP contribution in [0.5, 0.6) is 0 Å². The van der Waals surface area contributed by atoms with Crippen molar-refractivity contribution in [1.29, 1.82) is 0 Å². The van der Waals surface area contributed by atoms with Crippen LogP contribution in [0.4, 0.5) is 0 Å². The first-order valence-corrected chi connectivity index (χ1v) is 6.62. The Balaban J connectivity index is 2.32. The number of hydrogen-bond acceptors (Lipinski definition) is 5. The zero-order valence-corrected chi connectivity index (χ0v) is 12.2. The van der Waals surface area contributed by atoms with Crippen molar-refractivity contribution in [2.75, 3.05) is 40.4 Å². The van der Waals surface area contributed by atoms with Crippen LogP contribution in [0.3, 0.4) is 0 Å². The molecule has 0 aromatic heterocycles. The van der Waals surface area contributed by atoms with E-state index in [9.17, 15) is 0 Å². The third-order valence-corrected chi connectivity index (χ3v) is 3.01. The van der Waals surface area contributed by atoms with Crippen molar-refractivity contribution in [2.24, 2.45) is 10.9 Å². The maximum Gasteiger partial charge on any atom is 0.170 e. The Hall–Kier alpha value is -1.63. The first-order chi connectivity index (χ1) is 9.67. The van der Waals surface area contributed by atoms with E-state index in [0.29, 0.717) is 0 Å². The fraction of sp³-hybridized carbons (Fsp3) is 0.500. The molecule has 0 atom stereocenters. The van der Waals surface area contributed by atoms with E-state index in [0.717, 1.165) is 43.9 Å². The van der Waals surface area contributed by atoms with E-state index < -0.39 is 0 Å². The molecule has 0 bridgehead atoms. The molecule has 0 aliphatic carbocycles. The van der Waals surface area contributed by atoms with Crippen molar-refractivity contribution >= 4 is 5.84 Å². The maximum atomic E-state index is 8.66. The number of rotatable bonds is 9. The van der Waals surface area contributed by atoms with Crippen LogP contribution in [0.1, 0.15) is 11.1 Å². The van der Waals surface area contributed by atoms with Crippen LogP contribution in [0.25, 0.3) is 0 Å². The quantitative estimate of drug-likeness (QED) is 0.201. The molecule has 112 valence electrons. The fourth-order valence-electron chi connectivity index (χ4n) is 1.76. The minimum absolute atomic E-state index is 0.131. The molecule has 20 heavy (non-hydrogen) atoms. The number of benzene rings is 1. The van der Waals surface area contributed by atoms with Gasteiger partial charge in [0, 0.05) is 38.9 Å². The highest BCUT2D eigenvalue weighted by Crippen LogP contribution is 2.04. The summed E-state index contributed by atoms with van der Waals surface area (Å²) >= 11 is 0. The van der Waals surface area contributed by atoms with E-state index in [-0.39, 0.29) is 5.84 Å². The largest absolute Gasteiger partial charge is 0.409 e. The van der Waals surface area contributed by atoms with Gasteiger partial charge in [0.2, 0.25) is 0 Å². The molecule has 4 N–H and O–H groups in total. The molecule has 0 unspecified atom stereocenters. The van der Waals surface area contributed by atoms with Crippen LogP contribution in [0.15, 0.2) is 29.4 Å². The van der Waals surface area contributed by atoms with Gasteiger partial charge in [-0.25, -0.2) is 0 Å². The van der Waals surface area contributed by atoms with Crippen molar-refractivity contribution in [3.05, 3.63) is 35.4 Å². The van der Waals surface area contributed by atoms with E-state index in [1.165, 1.54) is 0 Å². The number of oxime groups is 1. The molecule has 0 aliphatic rings. The number of nitrogens with one attached hydrogen (secondary N) is 1. The monoisotopic (exact) mass is 280 g/mol. The van der Waals surface area contributed by atoms with Crippen LogP contribution in [-0.2, 0) is 11.3 Å².